The van der Waals surface area contributed by atoms with Crippen LogP contribution in [0.3, 0.4) is 0 Å². The predicted molar refractivity (Wildman–Crippen MR) is 115 cm³/mol. The number of hydrogen-bond acceptors (Lipinski definition) is 6. The summed E-state index contributed by atoms with van der Waals surface area (Å²) in [5.74, 6) is 0.0988. The number of benzene rings is 1. The summed E-state index contributed by atoms with van der Waals surface area (Å²) in [5.41, 5.74) is 2.88. The van der Waals surface area contributed by atoms with E-state index in [1.807, 2.05) is 0 Å². The molecule has 6 rings (SSSR count). The number of para-hydroxylation sites is 1. The first-order valence-corrected chi connectivity index (χ1v) is 10.5. The number of aromatic nitrogens is 5. The fourth-order valence-corrected chi connectivity index (χ4v) is 4.35. The number of carbonyl (C=O) groups is 1. The maximum absolute atomic E-state index is 14.3. The van der Waals surface area contributed by atoms with Gasteiger partial charge in [0.1, 0.15) is 11.8 Å². The van der Waals surface area contributed by atoms with Crippen LogP contribution in [0.1, 0.15) is 39.4 Å². The zero-order chi connectivity index (χ0) is 22.7. The van der Waals surface area contributed by atoms with Crippen LogP contribution in [0.15, 0.2) is 51.8 Å². The lowest BCUT2D eigenvalue weighted by Crippen LogP contribution is -2.40. The van der Waals surface area contributed by atoms with Crippen molar-refractivity contribution in [1.29, 1.82) is 0 Å². The summed E-state index contributed by atoms with van der Waals surface area (Å²) in [4.78, 5) is 27.3. The van der Waals surface area contributed by atoms with Crippen LogP contribution in [0.25, 0.3) is 22.4 Å². The van der Waals surface area contributed by atoms with Crippen molar-refractivity contribution in [1.82, 2.24) is 29.6 Å². The molecular formula is C23H19FN6O3. The summed E-state index contributed by atoms with van der Waals surface area (Å²) in [5, 5.41) is 4.75. The number of nitrogens with zero attached hydrogens (tertiary/aromatic N) is 5. The third kappa shape index (κ3) is 3.05. The topological polar surface area (TPSA) is 106 Å². The average molecular weight is 446 g/mol. The minimum atomic E-state index is -0.634. The molecule has 1 N–H and O–H groups in total. The number of hydrogen-bond donors (Lipinski definition) is 1. The van der Waals surface area contributed by atoms with Crippen LogP contribution in [0, 0.1) is 12.7 Å². The van der Waals surface area contributed by atoms with Crippen LogP contribution in [0.2, 0.25) is 0 Å². The summed E-state index contributed by atoms with van der Waals surface area (Å²) in [7, 11) is 1.79. The largest absolute Gasteiger partial charge is 0.455 e. The lowest BCUT2D eigenvalue weighted by Gasteiger charge is -2.33. The van der Waals surface area contributed by atoms with E-state index >= 15 is 0 Å². The highest BCUT2D eigenvalue weighted by molar-refractivity contribution is 5.93. The Morgan fingerprint density at radius 1 is 1.30 bits per heavy atom. The van der Waals surface area contributed by atoms with Crippen LogP contribution in [-0.2, 0) is 13.5 Å². The van der Waals surface area contributed by atoms with E-state index in [-0.39, 0.29) is 17.3 Å². The molecule has 0 bridgehead atoms. The standard InChI is InChI=1S/C23H19FN6O3/c1-12-20(33-22(28-12)14-9-27-29(2)10-14)23(31)30-7-6-16-18(26-11-25-16)19(30)17-8-13-4-3-5-15(24)21(13)32-17/h3-5,8-11,19H,6-7H2,1-2H3,(H,25,26)/t19-/m1/s1. The maximum atomic E-state index is 14.3. The molecule has 0 radical (unpaired) electrons. The number of carbonyl (C=O) groups excluding carboxylic acids is 1. The molecule has 1 atom stereocenters. The second-order valence-electron chi connectivity index (χ2n) is 8.06. The van der Waals surface area contributed by atoms with Gasteiger partial charge in [0.15, 0.2) is 11.4 Å². The van der Waals surface area contributed by atoms with Crippen molar-refractivity contribution >= 4 is 16.9 Å². The molecule has 0 saturated carbocycles. The first-order chi connectivity index (χ1) is 16.0. The third-order valence-electron chi connectivity index (χ3n) is 5.91. The molecule has 0 aliphatic carbocycles. The average Bonchev–Trinajstić information content (AvgIpc) is 3.58. The second kappa shape index (κ2) is 7.16. The Hall–Kier alpha value is -4.21. The van der Waals surface area contributed by atoms with Crippen molar-refractivity contribution in [3.63, 3.8) is 0 Å². The van der Waals surface area contributed by atoms with E-state index in [9.17, 15) is 9.18 Å². The molecule has 1 aliphatic rings. The molecule has 5 heterocycles. The molecule has 0 fully saturated rings. The molecule has 10 heteroatoms. The molecule has 0 unspecified atom stereocenters. The summed E-state index contributed by atoms with van der Waals surface area (Å²) in [6.45, 7) is 2.13. The number of amides is 1. The van der Waals surface area contributed by atoms with Crippen molar-refractivity contribution < 1.29 is 18.0 Å². The Balaban J connectivity index is 1.43. The van der Waals surface area contributed by atoms with Crippen LogP contribution >= 0.6 is 0 Å². The smallest absolute Gasteiger partial charge is 0.292 e. The SMILES string of the molecule is Cc1nc(-c2cnn(C)c2)oc1C(=O)N1CCc2[nH]cnc2[C@H]1c1cc2cccc(F)c2o1. The minimum Gasteiger partial charge on any atom is -0.455 e. The highest BCUT2D eigenvalue weighted by Gasteiger charge is 2.38. The monoisotopic (exact) mass is 446 g/mol. The van der Waals surface area contributed by atoms with Gasteiger partial charge >= 0.3 is 0 Å². The van der Waals surface area contributed by atoms with Crippen molar-refractivity contribution in [2.75, 3.05) is 6.54 Å². The first-order valence-electron chi connectivity index (χ1n) is 10.5. The van der Waals surface area contributed by atoms with Crippen LogP contribution in [0.4, 0.5) is 4.39 Å². The van der Waals surface area contributed by atoms with Gasteiger partial charge < -0.3 is 18.7 Å². The van der Waals surface area contributed by atoms with E-state index in [0.717, 1.165) is 5.69 Å². The Morgan fingerprint density at radius 3 is 2.97 bits per heavy atom. The van der Waals surface area contributed by atoms with E-state index in [4.69, 9.17) is 8.83 Å². The number of imidazole rings is 1. The quantitative estimate of drug-likeness (QED) is 0.452. The summed E-state index contributed by atoms with van der Waals surface area (Å²) >= 11 is 0. The number of aromatic amines is 1. The van der Waals surface area contributed by atoms with E-state index in [1.54, 1.807) is 60.5 Å². The number of halogens is 1. The van der Waals surface area contributed by atoms with Gasteiger partial charge in [0.05, 0.1) is 29.5 Å². The predicted octanol–water partition coefficient (Wildman–Crippen LogP) is 3.78. The zero-order valence-electron chi connectivity index (χ0n) is 17.9. The molecule has 1 aliphatic heterocycles. The number of H-pyrrole nitrogens is 1. The molecule has 1 aromatic carbocycles. The van der Waals surface area contributed by atoms with Crippen molar-refractivity contribution in [3.8, 4) is 11.5 Å². The molecule has 0 spiro atoms. The van der Waals surface area contributed by atoms with E-state index in [2.05, 4.69) is 20.1 Å². The van der Waals surface area contributed by atoms with Gasteiger partial charge in [0.25, 0.3) is 5.91 Å². The van der Waals surface area contributed by atoms with Crippen molar-refractivity contribution in [2.24, 2.45) is 7.05 Å². The van der Waals surface area contributed by atoms with Gasteiger partial charge in [0, 0.05) is 37.3 Å². The number of oxazole rings is 1. The van der Waals surface area contributed by atoms with E-state index in [0.29, 0.717) is 47.0 Å². The summed E-state index contributed by atoms with van der Waals surface area (Å²) < 4.78 is 27.7. The normalized spacial score (nSPS) is 15.8. The Kier molecular flexibility index (Phi) is 4.22. The zero-order valence-corrected chi connectivity index (χ0v) is 17.9. The lowest BCUT2D eigenvalue weighted by molar-refractivity contribution is 0.0640. The molecule has 0 saturated heterocycles. The summed E-state index contributed by atoms with van der Waals surface area (Å²) in [6, 6.07) is 5.86. The van der Waals surface area contributed by atoms with Gasteiger partial charge in [-0.1, -0.05) is 12.1 Å². The second-order valence-corrected chi connectivity index (χ2v) is 8.06. The van der Waals surface area contributed by atoms with Gasteiger partial charge in [0.2, 0.25) is 11.7 Å². The molecular weight excluding hydrogens is 427 g/mol. The number of fused-ring (bicyclic) bond motifs is 2. The van der Waals surface area contributed by atoms with Crippen LogP contribution in [0.5, 0.6) is 0 Å². The fraction of sp³-hybridized carbons (Fsp3) is 0.217. The van der Waals surface area contributed by atoms with Crippen molar-refractivity contribution in [3.05, 3.63) is 77.4 Å². The van der Waals surface area contributed by atoms with Gasteiger partial charge in [-0.15, -0.1) is 0 Å². The van der Waals surface area contributed by atoms with Gasteiger partial charge in [-0.25, -0.2) is 14.4 Å². The molecule has 1 amide bonds. The lowest BCUT2D eigenvalue weighted by atomic mass is 9.99. The van der Waals surface area contributed by atoms with Crippen LogP contribution < -0.4 is 0 Å². The number of rotatable bonds is 3. The Bertz CT molecular complexity index is 1510. The van der Waals surface area contributed by atoms with Gasteiger partial charge in [-0.3, -0.25) is 9.48 Å². The maximum Gasteiger partial charge on any atom is 0.292 e. The third-order valence-corrected chi connectivity index (χ3v) is 5.91. The van der Waals surface area contributed by atoms with E-state index < -0.39 is 11.9 Å². The molecule has 33 heavy (non-hydrogen) atoms. The Morgan fingerprint density at radius 2 is 2.18 bits per heavy atom. The number of aryl methyl sites for hydroxylation is 2. The van der Waals surface area contributed by atoms with E-state index in [1.165, 1.54) is 6.07 Å². The first kappa shape index (κ1) is 19.5. The highest BCUT2D eigenvalue weighted by Crippen LogP contribution is 2.38. The molecule has 9 nitrogen and oxygen atoms in total. The Labute approximate surface area is 186 Å². The fourth-order valence-electron chi connectivity index (χ4n) is 4.35. The van der Waals surface area contributed by atoms with Crippen molar-refractivity contribution in [2.45, 2.75) is 19.4 Å². The molecule has 4 aromatic heterocycles. The molecule has 166 valence electrons. The molecule has 5 aromatic rings. The number of nitrogens with one attached hydrogen (secondary N) is 1. The highest BCUT2D eigenvalue weighted by atomic mass is 19.1. The number of furan rings is 1. The minimum absolute atomic E-state index is 0.139. The van der Waals surface area contributed by atoms with Crippen LogP contribution in [-0.4, -0.2) is 42.1 Å². The summed E-state index contributed by atoms with van der Waals surface area (Å²) in [6.07, 6.45) is 5.58. The van der Waals surface area contributed by atoms with Gasteiger partial charge in [-0.2, -0.15) is 5.10 Å². The van der Waals surface area contributed by atoms with Gasteiger partial charge in [-0.05, 0) is 19.1 Å².